The van der Waals surface area contributed by atoms with E-state index in [0.29, 0.717) is 16.3 Å². The molecule has 1 aromatic heterocycles. The fraction of sp³-hybridized carbons (Fsp3) is 0.150. The van der Waals surface area contributed by atoms with Gasteiger partial charge in [0.05, 0.1) is 12.2 Å². The summed E-state index contributed by atoms with van der Waals surface area (Å²) in [7, 11) is 0. The van der Waals surface area contributed by atoms with Crippen LogP contribution in [0.4, 0.5) is 13.6 Å². The van der Waals surface area contributed by atoms with Crippen molar-refractivity contribution in [3.05, 3.63) is 82.6 Å². The summed E-state index contributed by atoms with van der Waals surface area (Å²) in [6.45, 7) is 1.52. The molecule has 9 heteroatoms. The highest BCUT2D eigenvalue weighted by Gasteiger charge is 2.49. The van der Waals surface area contributed by atoms with E-state index in [1.165, 1.54) is 16.9 Å². The number of hydrogen-bond donors (Lipinski definition) is 1. The van der Waals surface area contributed by atoms with Gasteiger partial charge in [0.1, 0.15) is 17.0 Å². The molecular weight excluding hydrogens is 402 g/mol. The van der Waals surface area contributed by atoms with Gasteiger partial charge >= 0.3 is 6.03 Å². The lowest BCUT2D eigenvalue weighted by atomic mass is 9.92. The molecule has 4 rings (SSSR count). The Balaban J connectivity index is 1.57. The van der Waals surface area contributed by atoms with E-state index in [-0.39, 0.29) is 12.2 Å². The summed E-state index contributed by atoms with van der Waals surface area (Å²) in [6, 6.07) is 10.8. The molecule has 1 saturated heterocycles. The van der Waals surface area contributed by atoms with Crippen molar-refractivity contribution in [2.24, 2.45) is 0 Å². The summed E-state index contributed by atoms with van der Waals surface area (Å²) in [5, 5.41) is 7.41. The molecule has 2 aromatic carbocycles. The molecule has 1 atom stereocenters. The van der Waals surface area contributed by atoms with E-state index in [1.807, 2.05) is 0 Å². The smallest absolute Gasteiger partial charge is 0.319 e. The largest absolute Gasteiger partial charge is 0.325 e. The first-order valence-electron chi connectivity index (χ1n) is 8.68. The number of benzene rings is 2. The molecule has 3 aromatic rings. The average molecular weight is 417 g/mol. The SMILES string of the molecule is CC1(c2ccc(Cl)cc2)NC(=O)N(Cc2ccn(-c3ccc(F)cc3F)n2)C1=O. The number of amides is 3. The zero-order valence-corrected chi connectivity index (χ0v) is 16.0. The van der Waals surface area contributed by atoms with Gasteiger partial charge in [-0.2, -0.15) is 5.10 Å². The molecule has 0 radical (unpaired) electrons. The normalized spacial score (nSPS) is 19.0. The first-order valence-corrected chi connectivity index (χ1v) is 9.06. The van der Waals surface area contributed by atoms with Crippen molar-refractivity contribution >= 4 is 23.5 Å². The summed E-state index contributed by atoms with van der Waals surface area (Å²) in [4.78, 5) is 26.5. The molecule has 1 unspecified atom stereocenters. The van der Waals surface area contributed by atoms with Crippen molar-refractivity contribution in [2.75, 3.05) is 0 Å². The Morgan fingerprint density at radius 3 is 2.52 bits per heavy atom. The van der Waals surface area contributed by atoms with Crippen molar-refractivity contribution < 1.29 is 18.4 Å². The second-order valence-corrected chi connectivity index (χ2v) is 7.24. The number of hydrogen-bond acceptors (Lipinski definition) is 3. The molecule has 0 aliphatic carbocycles. The van der Waals surface area contributed by atoms with E-state index in [1.54, 1.807) is 37.3 Å². The monoisotopic (exact) mass is 416 g/mol. The minimum atomic E-state index is -1.23. The number of aromatic nitrogens is 2. The van der Waals surface area contributed by atoms with Crippen molar-refractivity contribution in [2.45, 2.75) is 19.0 Å². The number of nitrogens with one attached hydrogen (secondary N) is 1. The Kier molecular flexibility index (Phi) is 4.58. The molecule has 6 nitrogen and oxygen atoms in total. The van der Waals surface area contributed by atoms with Crippen LogP contribution in [0.2, 0.25) is 5.02 Å². The number of carbonyl (C=O) groups excluding carboxylic acids is 2. The number of urea groups is 1. The Bertz CT molecular complexity index is 1120. The second kappa shape index (κ2) is 6.97. The molecule has 1 aliphatic heterocycles. The van der Waals surface area contributed by atoms with Crippen molar-refractivity contribution in [3.8, 4) is 5.69 Å². The van der Waals surface area contributed by atoms with Crippen LogP contribution in [0.5, 0.6) is 0 Å². The van der Waals surface area contributed by atoms with Gasteiger partial charge in [-0.25, -0.2) is 18.3 Å². The van der Waals surface area contributed by atoms with E-state index in [9.17, 15) is 18.4 Å². The molecule has 2 heterocycles. The Labute approximate surface area is 169 Å². The standard InChI is InChI=1S/C20H15ClF2N4O2/c1-20(12-2-4-13(21)5-3-12)18(28)26(19(29)24-20)11-15-8-9-27(25-15)17-7-6-14(22)10-16(17)23/h2-10H,11H2,1H3,(H,24,29). The predicted molar refractivity (Wildman–Crippen MR) is 101 cm³/mol. The average Bonchev–Trinajstić information content (AvgIpc) is 3.21. The number of nitrogens with zero attached hydrogens (tertiary/aromatic N) is 3. The van der Waals surface area contributed by atoms with Crippen molar-refractivity contribution in [1.29, 1.82) is 0 Å². The lowest BCUT2D eigenvalue weighted by molar-refractivity contribution is -0.131. The Hall–Kier alpha value is -3.26. The van der Waals surface area contributed by atoms with Crippen LogP contribution >= 0.6 is 11.6 Å². The summed E-state index contributed by atoms with van der Waals surface area (Å²) >= 11 is 5.90. The maximum Gasteiger partial charge on any atom is 0.325 e. The molecule has 1 aliphatic rings. The molecule has 0 saturated carbocycles. The summed E-state index contributed by atoms with van der Waals surface area (Å²) in [5.74, 6) is -1.91. The topological polar surface area (TPSA) is 67.2 Å². The fourth-order valence-electron chi connectivity index (χ4n) is 3.23. The zero-order valence-electron chi connectivity index (χ0n) is 15.2. The van der Waals surface area contributed by atoms with E-state index in [4.69, 9.17) is 11.6 Å². The van der Waals surface area contributed by atoms with Crippen LogP contribution in [-0.4, -0.2) is 26.6 Å². The fourth-order valence-corrected chi connectivity index (χ4v) is 3.35. The summed E-state index contributed by atoms with van der Waals surface area (Å²) < 4.78 is 28.3. The van der Waals surface area contributed by atoms with Gasteiger partial charge in [0.15, 0.2) is 5.82 Å². The van der Waals surface area contributed by atoms with E-state index < -0.39 is 29.1 Å². The van der Waals surface area contributed by atoms with Gasteiger partial charge in [-0.1, -0.05) is 23.7 Å². The van der Waals surface area contributed by atoms with Gasteiger partial charge in [-0.05, 0) is 42.8 Å². The first-order chi connectivity index (χ1) is 13.8. The molecule has 1 fully saturated rings. The van der Waals surface area contributed by atoms with Crippen LogP contribution in [0.15, 0.2) is 54.7 Å². The minimum absolute atomic E-state index is 0.0563. The number of imide groups is 1. The quantitative estimate of drug-likeness (QED) is 0.658. The molecule has 29 heavy (non-hydrogen) atoms. The Morgan fingerprint density at radius 2 is 1.83 bits per heavy atom. The van der Waals surface area contributed by atoms with Gasteiger partial charge in [-0.3, -0.25) is 9.69 Å². The third-order valence-corrected chi connectivity index (χ3v) is 5.07. The van der Waals surface area contributed by atoms with E-state index in [2.05, 4.69) is 10.4 Å². The zero-order chi connectivity index (χ0) is 20.8. The van der Waals surface area contributed by atoms with Crippen LogP contribution in [0.1, 0.15) is 18.2 Å². The van der Waals surface area contributed by atoms with Crippen molar-refractivity contribution in [1.82, 2.24) is 20.0 Å². The van der Waals surface area contributed by atoms with Gasteiger partial charge in [0.25, 0.3) is 5.91 Å². The highest BCUT2D eigenvalue weighted by Crippen LogP contribution is 2.30. The molecule has 0 bridgehead atoms. The van der Waals surface area contributed by atoms with Crippen LogP contribution < -0.4 is 5.32 Å². The van der Waals surface area contributed by atoms with Gasteiger partial charge in [-0.15, -0.1) is 0 Å². The second-order valence-electron chi connectivity index (χ2n) is 6.80. The summed E-state index contributed by atoms with van der Waals surface area (Å²) in [5.41, 5.74) is -0.201. The van der Waals surface area contributed by atoms with Crippen molar-refractivity contribution in [3.63, 3.8) is 0 Å². The molecule has 0 spiro atoms. The highest BCUT2D eigenvalue weighted by molar-refractivity contribution is 6.30. The lowest BCUT2D eigenvalue weighted by Gasteiger charge is -2.22. The number of halogens is 3. The van der Waals surface area contributed by atoms with Crippen LogP contribution in [0.3, 0.4) is 0 Å². The van der Waals surface area contributed by atoms with Crippen LogP contribution in [0.25, 0.3) is 5.69 Å². The maximum atomic E-state index is 14.0. The third-order valence-electron chi connectivity index (χ3n) is 4.82. The van der Waals surface area contributed by atoms with E-state index in [0.717, 1.165) is 17.0 Å². The van der Waals surface area contributed by atoms with E-state index >= 15 is 0 Å². The van der Waals surface area contributed by atoms with Crippen LogP contribution in [-0.2, 0) is 16.9 Å². The maximum absolute atomic E-state index is 14.0. The molecule has 1 N–H and O–H groups in total. The number of carbonyl (C=O) groups is 2. The Morgan fingerprint density at radius 1 is 1.10 bits per heavy atom. The molecule has 148 valence electrons. The van der Waals surface area contributed by atoms with Gasteiger partial charge in [0.2, 0.25) is 0 Å². The predicted octanol–water partition coefficient (Wildman–Crippen LogP) is 3.77. The van der Waals surface area contributed by atoms with Gasteiger partial charge < -0.3 is 5.32 Å². The van der Waals surface area contributed by atoms with Gasteiger partial charge in [0, 0.05) is 17.3 Å². The lowest BCUT2D eigenvalue weighted by Crippen LogP contribution is -2.40. The first kappa shape index (κ1) is 19.1. The molecule has 3 amide bonds. The molecular formula is C20H15ClF2N4O2. The number of rotatable bonds is 4. The van der Waals surface area contributed by atoms with Crippen LogP contribution in [0, 0.1) is 11.6 Å². The minimum Gasteiger partial charge on any atom is -0.319 e. The highest BCUT2D eigenvalue weighted by atomic mass is 35.5. The third kappa shape index (κ3) is 3.36. The summed E-state index contributed by atoms with van der Waals surface area (Å²) in [6.07, 6.45) is 1.47.